The Hall–Kier alpha value is -1.40. The van der Waals surface area contributed by atoms with Crippen LogP contribution in [0.4, 0.5) is 11.6 Å². The van der Waals surface area contributed by atoms with Gasteiger partial charge in [0.05, 0.1) is 12.2 Å². The van der Waals surface area contributed by atoms with Gasteiger partial charge in [0.25, 0.3) is 0 Å². The first-order chi connectivity index (χ1) is 11.2. The summed E-state index contributed by atoms with van der Waals surface area (Å²) in [7, 11) is 0. The van der Waals surface area contributed by atoms with Gasteiger partial charge in [0, 0.05) is 45.3 Å². The van der Waals surface area contributed by atoms with E-state index < -0.39 is 0 Å². The van der Waals surface area contributed by atoms with Crippen molar-refractivity contribution in [2.75, 3.05) is 49.5 Å². The summed E-state index contributed by atoms with van der Waals surface area (Å²) in [5, 5.41) is 3.43. The Bertz CT molecular complexity index is 482. The summed E-state index contributed by atoms with van der Waals surface area (Å²) in [6, 6.07) is 2.07. The molecule has 1 aromatic heterocycles. The summed E-state index contributed by atoms with van der Waals surface area (Å²) in [4.78, 5) is 13.6. The van der Waals surface area contributed by atoms with Crippen LogP contribution in [-0.4, -0.2) is 66.3 Å². The van der Waals surface area contributed by atoms with Gasteiger partial charge in [-0.2, -0.15) is 0 Å². The van der Waals surface area contributed by atoms with Crippen LogP contribution >= 0.6 is 0 Å². The Balaban J connectivity index is 1.41. The fourth-order valence-corrected chi connectivity index (χ4v) is 3.55. The van der Waals surface area contributed by atoms with Gasteiger partial charge in [0.2, 0.25) is 0 Å². The topological polar surface area (TPSA) is 53.5 Å². The van der Waals surface area contributed by atoms with E-state index in [1.807, 2.05) is 0 Å². The van der Waals surface area contributed by atoms with Gasteiger partial charge in [-0.3, -0.25) is 4.90 Å². The number of nitrogens with one attached hydrogen (secondary N) is 1. The van der Waals surface area contributed by atoms with Crippen LogP contribution in [0.3, 0.4) is 0 Å². The molecule has 3 heterocycles. The third kappa shape index (κ3) is 4.78. The molecule has 6 nitrogen and oxygen atoms in total. The lowest BCUT2D eigenvalue weighted by molar-refractivity contribution is -0.0678. The Morgan fingerprint density at radius 2 is 1.91 bits per heavy atom. The first-order valence-electron chi connectivity index (χ1n) is 8.89. The molecule has 1 N–H and O–H groups in total. The van der Waals surface area contributed by atoms with Crippen molar-refractivity contribution in [3.8, 4) is 0 Å². The number of ether oxygens (including phenoxy) is 1. The average molecular weight is 319 g/mol. The van der Waals surface area contributed by atoms with E-state index in [-0.39, 0.29) is 0 Å². The molecule has 23 heavy (non-hydrogen) atoms. The fourth-order valence-electron chi connectivity index (χ4n) is 3.55. The minimum atomic E-state index is 0.344. The summed E-state index contributed by atoms with van der Waals surface area (Å²) in [6.45, 7) is 10.7. The lowest BCUT2D eigenvalue weighted by Crippen LogP contribution is -2.45. The van der Waals surface area contributed by atoms with Crippen LogP contribution in [0.1, 0.15) is 33.1 Å². The number of hydrogen-bond acceptors (Lipinski definition) is 6. The smallest absolute Gasteiger partial charge is 0.134 e. The van der Waals surface area contributed by atoms with Crippen molar-refractivity contribution in [1.82, 2.24) is 14.9 Å². The molecule has 2 saturated heterocycles. The largest absolute Gasteiger partial charge is 0.373 e. The zero-order valence-corrected chi connectivity index (χ0v) is 14.4. The normalized spacial score (nSPS) is 25.7. The van der Waals surface area contributed by atoms with Crippen molar-refractivity contribution in [2.24, 2.45) is 0 Å². The fraction of sp³-hybridized carbons (Fsp3) is 0.765. The second-order valence-electron chi connectivity index (χ2n) is 6.75. The molecule has 0 aliphatic carbocycles. The van der Waals surface area contributed by atoms with Gasteiger partial charge in [-0.15, -0.1) is 0 Å². The highest BCUT2D eigenvalue weighted by Gasteiger charge is 2.21. The number of hydrogen-bond donors (Lipinski definition) is 1. The molecule has 0 bridgehead atoms. The molecule has 0 aromatic carbocycles. The van der Waals surface area contributed by atoms with E-state index in [9.17, 15) is 0 Å². The van der Waals surface area contributed by atoms with Gasteiger partial charge in [-0.1, -0.05) is 0 Å². The van der Waals surface area contributed by atoms with E-state index in [1.54, 1.807) is 6.33 Å². The van der Waals surface area contributed by atoms with Crippen LogP contribution in [0.25, 0.3) is 0 Å². The SMILES string of the molecule is CC1CN(CCCNc2cc(N3CCCC3)ncn2)CC(C)O1. The van der Waals surface area contributed by atoms with Crippen molar-refractivity contribution in [1.29, 1.82) is 0 Å². The molecular formula is C17H29N5O. The molecule has 2 unspecified atom stereocenters. The molecule has 6 heteroatoms. The van der Waals surface area contributed by atoms with Gasteiger partial charge < -0.3 is 15.0 Å². The molecule has 2 aliphatic rings. The molecule has 128 valence electrons. The zero-order chi connectivity index (χ0) is 16.1. The Kier molecular flexibility index (Phi) is 5.67. The predicted octanol–water partition coefficient (Wildman–Crippen LogP) is 1.99. The first-order valence-corrected chi connectivity index (χ1v) is 8.89. The van der Waals surface area contributed by atoms with Crippen molar-refractivity contribution < 1.29 is 4.74 Å². The summed E-state index contributed by atoms with van der Waals surface area (Å²) in [6.07, 6.45) is 6.00. The number of aromatic nitrogens is 2. The second kappa shape index (κ2) is 7.93. The number of morpholine rings is 1. The molecule has 0 saturated carbocycles. The minimum Gasteiger partial charge on any atom is -0.373 e. The quantitative estimate of drug-likeness (QED) is 0.809. The summed E-state index contributed by atoms with van der Waals surface area (Å²) in [5.41, 5.74) is 0. The maximum absolute atomic E-state index is 5.78. The molecule has 2 aliphatic heterocycles. The molecule has 0 radical (unpaired) electrons. The highest BCUT2D eigenvalue weighted by molar-refractivity contribution is 5.48. The third-order valence-corrected chi connectivity index (χ3v) is 4.54. The number of rotatable bonds is 6. The van der Waals surface area contributed by atoms with Gasteiger partial charge in [0.1, 0.15) is 18.0 Å². The molecule has 0 spiro atoms. The Labute approximate surface area is 139 Å². The average Bonchev–Trinajstić information content (AvgIpc) is 3.05. The van der Waals surface area contributed by atoms with Crippen LogP contribution in [0.2, 0.25) is 0 Å². The minimum absolute atomic E-state index is 0.344. The molecule has 2 fully saturated rings. The molecule has 0 amide bonds. The van der Waals surface area contributed by atoms with Crippen LogP contribution in [0, 0.1) is 0 Å². The van der Waals surface area contributed by atoms with Crippen molar-refractivity contribution >= 4 is 11.6 Å². The second-order valence-corrected chi connectivity index (χ2v) is 6.75. The highest BCUT2D eigenvalue weighted by Crippen LogP contribution is 2.19. The number of nitrogens with zero attached hydrogens (tertiary/aromatic N) is 4. The van der Waals surface area contributed by atoms with Crippen LogP contribution in [0.15, 0.2) is 12.4 Å². The summed E-state index contributed by atoms with van der Waals surface area (Å²) < 4.78 is 5.78. The molecule has 3 rings (SSSR count). The highest BCUT2D eigenvalue weighted by atomic mass is 16.5. The molecular weight excluding hydrogens is 290 g/mol. The van der Waals surface area contributed by atoms with Gasteiger partial charge in [-0.05, 0) is 33.1 Å². The van der Waals surface area contributed by atoms with E-state index in [1.165, 1.54) is 12.8 Å². The molecule has 1 aromatic rings. The number of anilines is 2. The van der Waals surface area contributed by atoms with Crippen LogP contribution in [0.5, 0.6) is 0 Å². The molecule has 2 atom stereocenters. The van der Waals surface area contributed by atoms with E-state index >= 15 is 0 Å². The van der Waals surface area contributed by atoms with Crippen LogP contribution < -0.4 is 10.2 Å². The van der Waals surface area contributed by atoms with E-state index in [2.05, 4.69) is 45.0 Å². The Morgan fingerprint density at radius 3 is 2.65 bits per heavy atom. The maximum Gasteiger partial charge on any atom is 0.134 e. The summed E-state index contributed by atoms with van der Waals surface area (Å²) in [5.74, 6) is 1.99. The standard InChI is InChI=1S/C17H29N5O/c1-14-11-21(12-15(2)23-14)7-5-6-18-16-10-17(20-13-19-16)22-8-3-4-9-22/h10,13-15H,3-9,11-12H2,1-2H3,(H,18,19,20). The predicted molar refractivity (Wildman–Crippen MR) is 93.0 cm³/mol. The lowest BCUT2D eigenvalue weighted by Gasteiger charge is -2.35. The lowest BCUT2D eigenvalue weighted by atomic mass is 10.2. The summed E-state index contributed by atoms with van der Waals surface area (Å²) >= 11 is 0. The van der Waals surface area contributed by atoms with E-state index in [0.717, 1.165) is 57.3 Å². The van der Waals surface area contributed by atoms with Gasteiger partial charge in [0.15, 0.2) is 0 Å². The zero-order valence-electron chi connectivity index (χ0n) is 14.4. The third-order valence-electron chi connectivity index (χ3n) is 4.54. The first kappa shape index (κ1) is 16.5. The van der Waals surface area contributed by atoms with Gasteiger partial charge in [-0.25, -0.2) is 9.97 Å². The van der Waals surface area contributed by atoms with Crippen LogP contribution in [-0.2, 0) is 4.74 Å². The van der Waals surface area contributed by atoms with Gasteiger partial charge >= 0.3 is 0 Å². The maximum atomic E-state index is 5.78. The van der Waals surface area contributed by atoms with E-state index in [4.69, 9.17) is 4.74 Å². The van der Waals surface area contributed by atoms with Crippen molar-refractivity contribution in [2.45, 2.75) is 45.3 Å². The van der Waals surface area contributed by atoms with E-state index in [0.29, 0.717) is 12.2 Å². The van der Waals surface area contributed by atoms with Crippen molar-refractivity contribution in [3.63, 3.8) is 0 Å². The van der Waals surface area contributed by atoms with Crippen molar-refractivity contribution in [3.05, 3.63) is 12.4 Å². The monoisotopic (exact) mass is 319 g/mol. The Morgan fingerprint density at radius 1 is 1.17 bits per heavy atom.